The van der Waals surface area contributed by atoms with Crippen LogP contribution in [0.4, 0.5) is 0 Å². The SMILES string of the molecule is CCN(Cc1nc(C)cs1)C1CCCC1CN. The third-order valence-electron chi connectivity index (χ3n) is 3.80. The molecular formula is C13H23N3S. The van der Waals surface area contributed by atoms with Gasteiger partial charge < -0.3 is 5.73 Å². The van der Waals surface area contributed by atoms with Gasteiger partial charge in [0.1, 0.15) is 5.01 Å². The Morgan fingerprint density at radius 3 is 2.94 bits per heavy atom. The first kappa shape index (κ1) is 13.0. The highest BCUT2D eigenvalue weighted by Gasteiger charge is 2.30. The van der Waals surface area contributed by atoms with Crippen LogP contribution in [0.5, 0.6) is 0 Å². The van der Waals surface area contributed by atoms with Gasteiger partial charge in [-0.2, -0.15) is 0 Å². The third kappa shape index (κ3) is 3.06. The summed E-state index contributed by atoms with van der Waals surface area (Å²) in [4.78, 5) is 7.12. The number of hydrogen-bond donors (Lipinski definition) is 1. The number of hydrogen-bond acceptors (Lipinski definition) is 4. The normalized spacial score (nSPS) is 24.7. The maximum atomic E-state index is 5.87. The predicted octanol–water partition coefficient (Wildman–Crippen LogP) is 2.40. The van der Waals surface area contributed by atoms with Crippen LogP contribution in [-0.2, 0) is 6.54 Å². The summed E-state index contributed by atoms with van der Waals surface area (Å²) in [5, 5.41) is 3.38. The molecule has 0 saturated heterocycles. The summed E-state index contributed by atoms with van der Waals surface area (Å²) in [5.41, 5.74) is 7.02. The van der Waals surface area contributed by atoms with Gasteiger partial charge in [0.05, 0.1) is 6.54 Å². The summed E-state index contributed by atoms with van der Waals surface area (Å²) in [6.07, 6.45) is 3.94. The lowest BCUT2D eigenvalue weighted by Crippen LogP contribution is -2.39. The van der Waals surface area contributed by atoms with Gasteiger partial charge in [0.25, 0.3) is 0 Å². The molecule has 1 aromatic rings. The van der Waals surface area contributed by atoms with E-state index in [9.17, 15) is 0 Å². The van der Waals surface area contributed by atoms with E-state index < -0.39 is 0 Å². The van der Waals surface area contributed by atoms with Crippen molar-refractivity contribution in [2.75, 3.05) is 13.1 Å². The van der Waals surface area contributed by atoms with Gasteiger partial charge in [0.15, 0.2) is 0 Å². The van der Waals surface area contributed by atoms with E-state index in [1.807, 2.05) is 0 Å². The second kappa shape index (κ2) is 5.94. The average Bonchev–Trinajstić information content (AvgIpc) is 2.94. The van der Waals surface area contributed by atoms with E-state index in [0.717, 1.165) is 25.3 Å². The van der Waals surface area contributed by atoms with Crippen LogP contribution in [0.2, 0.25) is 0 Å². The topological polar surface area (TPSA) is 42.2 Å². The van der Waals surface area contributed by atoms with Gasteiger partial charge >= 0.3 is 0 Å². The van der Waals surface area contributed by atoms with Crippen molar-refractivity contribution in [3.63, 3.8) is 0 Å². The summed E-state index contributed by atoms with van der Waals surface area (Å²) in [6.45, 7) is 7.23. The van der Waals surface area contributed by atoms with E-state index in [1.54, 1.807) is 11.3 Å². The van der Waals surface area contributed by atoms with Crippen LogP contribution < -0.4 is 5.73 Å². The first-order valence-corrected chi connectivity index (χ1v) is 7.47. The standard InChI is InChI=1S/C13H23N3S/c1-3-16(8-13-15-10(2)9-17-13)12-6-4-5-11(12)7-14/h9,11-12H,3-8,14H2,1-2H3. The van der Waals surface area contributed by atoms with Crippen LogP contribution in [0.15, 0.2) is 5.38 Å². The molecule has 0 aromatic carbocycles. The van der Waals surface area contributed by atoms with Gasteiger partial charge in [-0.15, -0.1) is 11.3 Å². The minimum atomic E-state index is 0.675. The zero-order valence-corrected chi connectivity index (χ0v) is 11.7. The zero-order valence-electron chi connectivity index (χ0n) is 10.9. The average molecular weight is 253 g/mol. The molecule has 17 heavy (non-hydrogen) atoms. The molecule has 1 fully saturated rings. The molecule has 1 heterocycles. The second-order valence-electron chi connectivity index (χ2n) is 4.94. The van der Waals surface area contributed by atoms with Crippen LogP contribution in [0.1, 0.15) is 36.9 Å². The minimum absolute atomic E-state index is 0.675. The van der Waals surface area contributed by atoms with Crippen LogP contribution in [0, 0.1) is 12.8 Å². The summed E-state index contributed by atoms with van der Waals surface area (Å²) >= 11 is 1.78. The van der Waals surface area contributed by atoms with E-state index in [-0.39, 0.29) is 0 Å². The quantitative estimate of drug-likeness (QED) is 0.876. The van der Waals surface area contributed by atoms with Crippen molar-refractivity contribution in [2.24, 2.45) is 11.7 Å². The molecule has 4 heteroatoms. The van der Waals surface area contributed by atoms with E-state index in [1.165, 1.54) is 24.3 Å². The zero-order chi connectivity index (χ0) is 12.3. The molecule has 3 nitrogen and oxygen atoms in total. The third-order valence-corrected chi connectivity index (χ3v) is 4.75. The first-order chi connectivity index (χ1) is 8.24. The molecule has 1 aliphatic carbocycles. The molecule has 1 aromatic heterocycles. The van der Waals surface area contributed by atoms with E-state index >= 15 is 0 Å². The fourth-order valence-corrected chi connectivity index (χ4v) is 3.68. The Hall–Kier alpha value is -0.450. The number of nitrogens with zero attached hydrogens (tertiary/aromatic N) is 2. The molecule has 0 radical (unpaired) electrons. The van der Waals surface area contributed by atoms with E-state index in [4.69, 9.17) is 5.73 Å². The fourth-order valence-electron chi connectivity index (χ4n) is 2.89. The molecule has 96 valence electrons. The van der Waals surface area contributed by atoms with Crippen molar-refractivity contribution >= 4 is 11.3 Å². The Bertz CT molecular complexity index is 350. The van der Waals surface area contributed by atoms with Crippen molar-refractivity contribution in [1.82, 2.24) is 9.88 Å². The Labute approximate surface area is 108 Å². The van der Waals surface area contributed by atoms with Gasteiger partial charge in [-0.05, 0) is 38.8 Å². The van der Waals surface area contributed by atoms with Gasteiger partial charge in [0, 0.05) is 17.1 Å². The van der Waals surface area contributed by atoms with Crippen LogP contribution in [-0.4, -0.2) is 29.0 Å². The van der Waals surface area contributed by atoms with Crippen LogP contribution in [0.3, 0.4) is 0 Å². The van der Waals surface area contributed by atoms with Crippen molar-refractivity contribution in [1.29, 1.82) is 0 Å². The molecule has 0 bridgehead atoms. The smallest absolute Gasteiger partial charge is 0.107 e. The number of aryl methyl sites for hydroxylation is 1. The Balaban J connectivity index is 2.00. The summed E-state index contributed by atoms with van der Waals surface area (Å²) < 4.78 is 0. The van der Waals surface area contributed by atoms with Gasteiger partial charge in [-0.1, -0.05) is 13.3 Å². The maximum absolute atomic E-state index is 5.87. The molecule has 2 unspecified atom stereocenters. The highest BCUT2D eigenvalue weighted by molar-refractivity contribution is 7.09. The number of aromatic nitrogens is 1. The molecule has 1 aliphatic rings. The second-order valence-corrected chi connectivity index (χ2v) is 5.88. The summed E-state index contributed by atoms with van der Waals surface area (Å²) in [5.74, 6) is 0.691. The maximum Gasteiger partial charge on any atom is 0.107 e. The first-order valence-electron chi connectivity index (χ1n) is 6.59. The number of rotatable bonds is 5. The lowest BCUT2D eigenvalue weighted by atomic mass is 10.0. The Morgan fingerprint density at radius 1 is 1.53 bits per heavy atom. The van der Waals surface area contributed by atoms with Crippen molar-refractivity contribution in [2.45, 2.75) is 45.7 Å². The monoisotopic (exact) mass is 253 g/mol. The fraction of sp³-hybridized carbons (Fsp3) is 0.769. The summed E-state index contributed by atoms with van der Waals surface area (Å²) in [7, 11) is 0. The van der Waals surface area contributed by atoms with Crippen molar-refractivity contribution in [3.05, 3.63) is 16.1 Å². The van der Waals surface area contributed by atoms with Crippen LogP contribution in [0.25, 0.3) is 0 Å². The predicted molar refractivity (Wildman–Crippen MR) is 73.1 cm³/mol. The number of thiazole rings is 1. The van der Waals surface area contributed by atoms with Crippen molar-refractivity contribution in [3.8, 4) is 0 Å². The lowest BCUT2D eigenvalue weighted by Gasteiger charge is -2.31. The Morgan fingerprint density at radius 2 is 2.35 bits per heavy atom. The van der Waals surface area contributed by atoms with Crippen molar-refractivity contribution < 1.29 is 0 Å². The molecule has 2 N–H and O–H groups in total. The number of nitrogens with two attached hydrogens (primary N) is 1. The molecule has 0 amide bonds. The van der Waals surface area contributed by atoms with Gasteiger partial charge in [0.2, 0.25) is 0 Å². The van der Waals surface area contributed by atoms with E-state index in [0.29, 0.717) is 12.0 Å². The van der Waals surface area contributed by atoms with Gasteiger partial charge in [-0.3, -0.25) is 4.90 Å². The van der Waals surface area contributed by atoms with Gasteiger partial charge in [-0.25, -0.2) is 4.98 Å². The highest BCUT2D eigenvalue weighted by atomic mass is 32.1. The molecule has 0 spiro atoms. The summed E-state index contributed by atoms with van der Waals surface area (Å²) in [6, 6.07) is 0.675. The lowest BCUT2D eigenvalue weighted by molar-refractivity contribution is 0.162. The van der Waals surface area contributed by atoms with E-state index in [2.05, 4.69) is 29.1 Å². The largest absolute Gasteiger partial charge is 0.330 e. The molecule has 0 aliphatic heterocycles. The Kier molecular flexibility index (Phi) is 4.54. The molecule has 1 saturated carbocycles. The highest BCUT2D eigenvalue weighted by Crippen LogP contribution is 2.30. The van der Waals surface area contributed by atoms with Crippen LogP contribution >= 0.6 is 11.3 Å². The minimum Gasteiger partial charge on any atom is -0.330 e. The molecule has 2 atom stereocenters. The molecule has 2 rings (SSSR count). The molecular weight excluding hydrogens is 230 g/mol.